The highest BCUT2D eigenvalue weighted by atomic mass is 19.3. The summed E-state index contributed by atoms with van der Waals surface area (Å²) in [5.41, 5.74) is 0.968. The topological polar surface area (TPSA) is 21.3 Å². The molecule has 0 heterocycles. The lowest BCUT2D eigenvalue weighted by Crippen LogP contribution is -2.17. The Kier molecular flexibility index (Phi) is 6.83. The molecule has 0 bridgehead atoms. The standard InChI is InChI=1S/C14H21F2NO/c1-11(2)18-8-4-7-17-10-12-5-3-6-13(9-12)14(15)16/h3,5-6,9,11,14,17H,4,7-8,10H2,1-2H3. The zero-order chi connectivity index (χ0) is 13.4. The molecule has 2 nitrogen and oxygen atoms in total. The van der Waals surface area contributed by atoms with E-state index in [0.29, 0.717) is 6.54 Å². The molecular weight excluding hydrogens is 236 g/mol. The Balaban J connectivity index is 2.21. The molecule has 0 aromatic heterocycles. The van der Waals surface area contributed by atoms with E-state index < -0.39 is 6.43 Å². The fourth-order valence-corrected chi connectivity index (χ4v) is 1.59. The highest BCUT2D eigenvalue weighted by molar-refractivity contribution is 5.24. The Morgan fingerprint density at radius 3 is 2.72 bits per heavy atom. The normalized spacial score (nSPS) is 11.4. The first-order valence-electron chi connectivity index (χ1n) is 6.29. The van der Waals surface area contributed by atoms with Gasteiger partial charge in [-0.15, -0.1) is 0 Å². The number of rotatable bonds is 8. The molecule has 0 aliphatic carbocycles. The molecule has 0 radical (unpaired) electrons. The maximum atomic E-state index is 12.5. The molecule has 0 aliphatic heterocycles. The number of hydrogen-bond donors (Lipinski definition) is 1. The molecule has 102 valence electrons. The summed E-state index contributed by atoms with van der Waals surface area (Å²) in [6.07, 6.45) is -1.22. The van der Waals surface area contributed by atoms with Gasteiger partial charge in [0.1, 0.15) is 0 Å². The molecule has 18 heavy (non-hydrogen) atoms. The molecule has 0 unspecified atom stereocenters. The van der Waals surface area contributed by atoms with Gasteiger partial charge >= 0.3 is 0 Å². The molecule has 0 atom stereocenters. The number of nitrogens with one attached hydrogen (secondary N) is 1. The van der Waals surface area contributed by atoms with Gasteiger partial charge < -0.3 is 10.1 Å². The van der Waals surface area contributed by atoms with Gasteiger partial charge in [0.25, 0.3) is 6.43 Å². The van der Waals surface area contributed by atoms with Crippen LogP contribution < -0.4 is 5.32 Å². The lowest BCUT2D eigenvalue weighted by molar-refractivity contribution is 0.0770. The summed E-state index contributed by atoms with van der Waals surface area (Å²) in [6, 6.07) is 6.51. The maximum absolute atomic E-state index is 12.5. The van der Waals surface area contributed by atoms with E-state index in [1.165, 1.54) is 6.07 Å². The van der Waals surface area contributed by atoms with Gasteiger partial charge in [0.05, 0.1) is 6.10 Å². The Morgan fingerprint density at radius 1 is 1.28 bits per heavy atom. The summed E-state index contributed by atoms with van der Waals surface area (Å²) in [7, 11) is 0. The Hall–Kier alpha value is -1.00. The van der Waals surface area contributed by atoms with Crippen molar-refractivity contribution in [2.45, 2.75) is 39.3 Å². The summed E-state index contributed by atoms with van der Waals surface area (Å²) in [5, 5.41) is 3.22. The molecule has 0 saturated carbocycles. The van der Waals surface area contributed by atoms with Crippen LogP contribution in [0.2, 0.25) is 0 Å². The predicted octanol–water partition coefficient (Wildman–Crippen LogP) is 3.53. The first-order valence-corrected chi connectivity index (χ1v) is 6.29. The third-order valence-electron chi connectivity index (χ3n) is 2.48. The zero-order valence-electron chi connectivity index (χ0n) is 11.0. The summed E-state index contributed by atoms with van der Waals surface area (Å²) in [4.78, 5) is 0. The fraction of sp³-hybridized carbons (Fsp3) is 0.571. The lowest BCUT2D eigenvalue weighted by atomic mass is 10.1. The molecule has 0 aliphatic rings. The van der Waals surface area contributed by atoms with Gasteiger partial charge in [0, 0.05) is 18.7 Å². The van der Waals surface area contributed by atoms with Crippen LogP contribution in [0.5, 0.6) is 0 Å². The van der Waals surface area contributed by atoms with Crippen molar-refractivity contribution in [3.05, 3.63) is 35.4 Å². The van der Waals surface area contributed by atoms with Gasteiger partial charge in [0.2, 0.25) is 0 Å². The number of benzene rings is 1. The van der Waals surface area contributed by atoms with Crippen molar-refractivity contribution in [1.29, 1.82) is 0 Å². The van der Waals surface area contributed by atoms with Crippen molar-refractivity contribution < 1.29 is 13.5 Å². The fourth-order valence-electron chi connectivity index (χ4n) is 1.59. The first kappa shape index (κ1) is 15.1. The highest BCUT2D eigenvalue weighted by Gasteiger charge is 2.06. The second kappa shape index (κ2) is 8.16. The van der Waals surface area contributed by atoms with Crippen LogP contribution in [0.25, 0.3) is 0 Å². The van der Waals surface area contributed by atoms with E-state index in [-0.39, 0.29) is 11.7 Å². The minimum Gasteiger partial charge on any atom is -0.379 e. The van der Waals surface area contributed by atoms with E-state index >= 15 is 0 Å². The van der Waals surface area contributed by atoms with Crippen molar-refractivity contribution in [3.8, 4) is 0 Å². The van der Waals surface area contributed by atoms with Gasteiger partial charge in [-0.1, -0.05) is 18.2 Å². The Morgan fingerprint density at radius 2 is 2.06 bits per heavy atom. The quantitative estimate of drug-likeness (QED) is 0.719. The van der Waals surface area contributed by atoms with Crippen molar-refractivity contribution in [2.75, 3.05) is 13.2 Å². The number of ether oxygens (including phenoxy) is 1. The van der Waals surface area contributed by atoms with Crippen molar-refractivity contribution >= 4 is 0 Å². The summed E-state index contributed by atoms with van der Waals surface area (Å²) in [6.45, 7) is 6.17. The van der Waals surface area contributed by atoms with E-state index in [1.807, 2.05) is 19.9 Å². The number of hydrogen-bond acceptors (Lipinski definition) is 2. The molecule has 1 N–H and O–H groups in total. The Bertz CT molecular complexity index is 342. The predicted molar refractivity (Wildman–Crippen MR) is 68.8 cm³/mol. The van der Waals surface area contributed by atoms with Crippen molar-refractivity contribution in [3.63, 3.8) is 0 Å². The van der Waals surface area contributed by atoms with E-state index in [9.17, 15) is 8.78 Å². The summed E-state index contributed by atoms with van der Waals surface area (Å²) >= 11 is 0. The van der Waals surface area contributed by atoms with Crippen molar-refractivity contribution in [1.82, 2.24) is 5.32 Å². The molecule has 1 rings (SSSR count). The van der Waals surface area contributed by atoms with Gasteiger partial charge in [-0.3, -0.25) is 0 Å². The summed E-state index contributed by atoms with van der Waals surface area (Å²) < 4.78 is 30.4. The third-order valence-corrected chi connectivity index (χ3v) is 2.48. The molecule has 0 fully saturated rings. The first-order chi connectivity index (χ1) is 8.59. The lowest BCUT2D eigenvalue weighted by Gasteiger charge is -2.09. The average Bonchev–Trinajstić information content (AvgIpc) is 2.33. The maximum Gasteiger partial charge on any atom is 0.263 e. The van der Waals surface area contributed by atoms with Crippen LogP contribution in [-0.4, -0.2) is 19.3 Å². The van der Waals surface area contributed by atoms with Gasteiger partial charge in [0.15, 0.2) is 0 Å². The van der Waals surface area contributed by atoms with Crippen LogP contribution >= 0.6 is 0 Å². The monoisotopic (exact) mass is 257 g/mol. The highest BCUT2D eigenvalue weighted by Crippen LogP contribution is 2.19. The van der Waals surface area contributed by atoms with Crippen LogP contribution in [0.15, 0.2) is 24.3 Å². The molecular formula is C14H21F2NO. The average molecular weight is 257 g/mol. The van der Waals surface area contributed by atoms with Crippen LogP contribution in [-0.2, 0) is 11.3 Å². The minimum absolute atomic E-state index is 0.0810. The third kappa shape index (κ3) is 6.07. The largest absolute Gasteiger partial charge is 0.379 e. The molecule has 0 spiro atoms. The zero-order valence-corrected chi connectivity index (χ0v) is 11.0. The van der Waals surface area contributed by atoms with Gasteiger partial charge in [-0.25, -0.2) is 8.78 Å². The van der Waals surface area contributed by atoms with Crippen LogP contribution in [0.4, 0.5) is 8.78 Å². The van der Waals surface area contributed by atoms with Gasteiger partial charge in [-0.05, 0) is 38.4 Å². The van der Waals surface area contributed by atoms with E-state index in [1.54, 1.807) is 12.1 Å². The second-order valence-electron chi connectivity index (χ2n) is 4.50. The number of halogens is 2. The summed E-state index contributed by atoms with van der Waals surface area (Å²) in [5.74, 6) is 0. The molecule has 0 saturated heterocycles. The number of alkyl halides is 2. The molecule has 1 aromatic rings. The van der Waals surface area contributed by atoms with E-state index in [0.717, 1.165) is 25.1 Å². The van der Waals surface area contributed by atoms with Crippen molar-refractivity contribution in [2.24, 2.45) is 0 Å². The molecule has 0 amide bonds. The van der Waals surface area contributed by atoms with Crippen LogP contribution in [0.3, 0.4) is 0 Å². The van der Waals surface area contributed by atoms with Gasteiger partial charge in [-0.2, -0.15) is 0 Å². The Labute approximate surface area is 107 Å². The smallest absolute Gasteiger partial charge is 0.263 e. The molecule has 1 aromatic carbocycles. The van der Waals surface area contributed by atoms with Crippen LogP contribution in [0.1, 0.15) is 37.8 Å². The minimum atomic E-state index is -2.40. The van der Waals surface area contributed by atoms with E-state index in [2.05, 4.69) is 5.32 Å². The molecule has 4 heteroatoms. The van der Waals surface area contributed by atoms with Crippen LogP contribution in [0, 0.1) is 0 Å². The second-order valence-corrected chi connectivity index (χ2v) is 4.50. The van der Waals surface area contributed by atoms with E-state index in [4.69, 9.17) is 4.74 Å². The SMILES string of the molecule is CC(C)OCCCNCc1cccc(C(F)F)c1.